The minimum atomic E-state index is -0.848. The van der Waals surface area contributed by atoms with Crippen LogP contribution in [0.3, 0.4) is 0 Å². The fourth-order valence-corrected chi connectivity index (χ4v) is 3.53. The number of nitrogens with one attached hydrogen (secondary N) is 1. The normalized spacial score (nSPS) is 19.7. The predicted octanol–water partition coefficient (Wildman–Crippen LogP) is 0.925. The molecule has 0 spiro atoms. The van der Waals surface area contributed by atoms with Crippen molar-refractivity contribution in [1.82, 2.24) is 14.9 Å². The molecule has 0 aliphatic carbocycles. The average molecular weight is 305 g/mol. The number of hydrogen-bond donors (Lipinski definition) is 2. The number of nitrogens with zero attached hydrogens (tertiary/aromatic N) is 2. The molecule has 0 amide bonds. The zero-order valence-electron chi connectivity index (χ0n) is 11.3. The molecule has 0 saturated carbocycles. The Morgan fingerprint density at radius 2 is 2.29 bits per heavy atom. The number of aliphatic carboxylic acids is 1. The Hall–Kier alpha value is -1.86. The van der Waals surface area contributed by atoms with Crippen LogP contribution >= 0.6 is 11.8 Å². The summed E-state index contributed by atoms with van der Waals surface area (Å²) in [6.07, 6.45) is 0. The summed E-state index contributed by atoms with van der Waals surface area (Å²) in [5.74, 6) is 0.565. The third kappa shape index (κ3) is 2.93. The summed E-state index contributed by atoms with van der Waals surface area (Å²) in [5.41, 5.74) is 1.52. The van der Waals surface area contributed by atoms with E-state index in [0.717, 1.165) is 5.75 Å². The Balaban J connectivity index is 1.91. The van der Waals surface area contributed by atoms with Gasteiger partial charge >= 0.3 is 5.97 Å². The van der Waals surface area contributed by atoms with Gasteiger partial charge in [0.1, 0.15) is 11.7 Å². The van der Waals surface area contributed by atoms with Gasteiger partial charge in [-0.25, -0.2) is 4.98 Å². The Morgan fingerprint density at radius 1 is 1.48 bits per heavy atom. The van der Waals surface area contributed by atoms with E-state index in [1.54, 1.807) is 17.8 Å². The van der Waals surface area contributed by atoms with Crippen LogP contribution in [-0.2, 0) is 11.3 Å². The van der Waals surface area contributed by atoms with E-state index in [1.165, 1.54) is 0 Å². The van der Waals surface area contributed by atoms with Crippen molar-refractivity contribution in [1.29, 1.82) is 0 Å². The van der Waals surface area contributed by atoms with Gasteiger partial charge in [-0.05, 0) is 12.1 Å². The van der Waals surface area contributed by atoms with E-state index < -0.39 is 12.0 Å². The van der Waals surface area contributed by atoms with Gasteiger partial charge in [0, 0.05) is 24.6 Å². The van der Waals surface area contributed by atoms with Crippen LogP contribution in [0.25, 0.3) is 11.0 Å². The lowest BCUT2D eigenvalue weighted by Crippen LogP contribution is -2.47. The molecule has 1 aromatic carbocycles. The lowest BCUT2D eigenvalue weighted by Gasteiger charge is -2.31. The lowest BCUT2D eigenvalue weighted by molar-refractivity contribution is -0.142. The van der Waals surface area contributed by atoms with Crippen LogP contribution < -0.4 is 5.56 Å². The minimum absolute atomic E-state index is 0.254. The summed E-state index contributed by atoms with van der Waals surface area (Å²) in [7, 11) is 0. The molecule has 6 nitrogen and oxygen atoms in total. The number of thioether (sulfide) groups is 1. The SMILES string of the molecule is O=C(O)C1CSCCN1Cc1nc2ccccc2[nH]c1=O. The second kappa shape index (κ2) is 5.87. The van der Waals surface area contributed by atoms with E-state index in [4.69, 9.17) is 0 Å². The molecule has 2 heterocycles. The number of benzene rings is 1. The molecule has 1 aliphatic heterocycles. The van der Waals surface area contributed by atoms with Crippen molar-refractivity contribution in [3.63, 3.8) is 0 Å². The first-order valence-electron chi connectivity index (χ1n) is 6.67. The van der Waals surface area contributed by atoms with Gasteiger partial charge in [0.05, 0.1) is 11.0 Å². The monoisotopic (exact) mass is 305 g/mol. The van der Waals surface area contributed by atoms with Crippen molar-refractivity contribution in [2.75, 3.05) is 18.1 Å². The maximum absolute atomic E-state index is 12.1. The van der Waals surface area contributed by atoms with Crippen molar-refractivity contribution in [3.05, 3.63) is 40.3 Å². The van der Waals surface area contributed by atoms with Gasteiger partial charge in [-0.3, -0.25) is 14.5 Å². The smallest absolute Gasteiger partial charge is 0.321 e. The van der Waals surface area contributed by atoms with Gasteiger partial charge in [0.2, 0.25) is 0 Å². The molecule has 1 aromatic heterocycles. The molecule has 0 bridgehead atoms. The van der Waals surface area contributed by atoms with Crippen LogP contribution in [0.15, 0.2) is 29.1 Å². The summed E-state index contributed by atoms with van der Waals surface area (Å²) in [6.45, 7) is 0.910. The van der Waals surface area contributed by atoms with Crippen LogP contribution in [0.2, 0.25) is 0 Å². The molecule has 21 heavy (non-hydrogen) atoms. The number of hydrogen-bond acceptors (Lipinski definition) is 5. The molecular weight excluding hydrogens is 290 g/mol. The Morgan fingerprint density at radius 3 is 3.10 bits per heavy atom. The van der Waals surface area contributed by atoms with Crippen molar-refractivity contribution < 1.29 is 9.90 Å². The molecule has 1 atom stereocenters. The van der Waals surface area contributed by atoms with E-state index in [2.05, 4.69) is 9.97 Å². The second-order valence-electron chi connectivity index (χ2n) is 4.93. The maximum atomic E-state index is 12.1. The van der Waals surface area contributed by atoms with Gasteiger partial charge < -0.3 is 10.1 Å². The molecule has 1 aliphatic rings. The average Bonchev–Trinajstić information content (AvgIpc) is 2.48. The Kier molecular flexibility index (Phi) is 3.94. The van der Waals surface area contributed by atoms with E-state index in [9.17, 15) is 14.7 Å². The van der Waals surface area contributed by atoms with Gasteiger partial charge in [0.25, 0.3) is 5.56 Å². The van der Waals surface area contributed by atoms with Crippen LogP contribution in [0, 0.1) is 0 Å². The highest BCUT2D eigenvalue weighted by atomic mass is 32.2. The zero-order valence-corrected chi connectivity index (χ0v) is 12.1. The maximum Gasteiger partial charge on any atom is 0.321 e. The molecule has 1 saturated heterocycles. The van der Waals surface area contributed by atoms with E-state index >= 15 is 0 Å². The molecule has 110 valence electrons. The highest BCUT2D eigenvalue weighted by molar-refractivity contribution is 7.99. The number of H-pyrrole nitrogens is 1. The van der Waals surface area contributed by atoms with Crippen LogP contribution in [0.5, 0.6) is 0 Å². The van der Waals surface area contributed by atoms with E-state index in [-0.39, 0.29) is 12.1 Å². The molecule has 2 N–H and O–H groups in total. The Labute approximate surface area is 125 Å². The highest BCUT2D eigenvalue weighted by Crippen LogP contribution is 2.18. The quantitative estimate of drug-likeness (QED) is 0.877. The van der Waals surface area contributed by atoms with Crippen LogP contribution in [0.1, 0.15) is 5.69 Å². The summed E-state index contributed by atoms with van der Waals surface area (Å²) in [6, 6.07) is 6.76. The Bertz CT molecular complexity index is 731. The minimum Gasteiger partial charge on any atom is -0.480 e. The molecule has 3 rings (SSSR count). The first-order valence-corrected chi connectivity index (χ1v) is 7.83. The largest absolute Gasteiger partial charge is 0.480 e. The molecule has 2 aromatic rings. The number of rotatable bonds is 3. The van der Waals surface area contributed by atoms with Gasteiger partial charge in [-0.15, -0.1) is 0 Å². The standard InChI is InChI=1S/C14H15N3O3S/c18-13-11(15-9-3-1-2-4-10(9)16-13)7-17-5-6-21-8-12(17)14(19)20/h1-4,12H,5-8H2,(H,16,18)(H,19,20). The number of carboxylic acids is 1. The second-order valence-corrected chi connectivity index (χ2v) is 6.08. The van der Waals surface area contributed by atoms with Crippen molar-refractivity contribution >= 4 is 28.8 Å². The summed E-state index contributed by atoms with van der Waals surface area (Å²) in [4.78, 5) is 32.4. The van der Waals surface area contributed by atoms with Crippen molar-refractivity contribution in [2.24, 2.45) is 0 Å². The zero-order chi connectivity index (χ0) is 14.8. The van der Waals surface area contributed by atoms with Crippen molar-refractivity contribution in [2.45, 2.75) is 12.6 Å². The molecule has 0 radical (unpaired) electrons. The first-order chi connectivity index (χ1) is 10.1. The van der Waals surface area contributed by atoms with Crippen molar-refractivity contribution in [3.8, 4) is 0 Å². The molecule has 7 heteroatoms. The van der Waals surface area contributed by atoms with Gasteiger partial charge in [-0.2, -0.15) is 11.8 Å². The van der Waals surface area contributed by atoms with Crippen LogP contribution in [0.4, 0.5) is 0 Å². The molecular formula is C14H15N3O3S. The number of carbonyl (C=O) groups is 1. The topological polar surface area (TPSA) is 86.3 Å². The number of aromatic amines is 1. The fraction of sp³-hybridized carbons (Fsp3) is 0.357. The summed E-state index contributed by atoms with van der Waals surface area (Å²) in [5, 5.41) is 9.27. The number of aromatic nitrogens is 2. The van der Waals surface area contributed by atoms with Gasteiger partial charge in [-0.1, -0.05) is 12.1 Å². The number of fused-ring (bicyclic) bond motifs is 1. The molecule has 1 fully saturated rings. The predicted molar refractivity (Wildman–Crippen MR) is 81.5 cm³/mol. The van der Waals surface area contributed by atoms with Gasteiger partial charge in [0.15, 0.2) is 0 Å². The summed E-state index contributed by atoms with van der Waals surface area (Å²) < 4.78 is 0. The highest BCUT2D eigenvalue weighted by Gasteiger charge is 2.29. The third-order valence-electron chi connectivity index (χ3n) is 3.55. The first kappa shape index (κ1) is 14.1. The lowest BCUT2D eigenvalue weighted by atomic mass is 10.2. The number of carboxylic acid groups (broad SMARTS) is 1. The third-order valence-corrected chi connectivity index (χ3v) is 4.57. The molecule has 1 unspecified atom stereocenters. The van der Waals surface area contributed by atoms with Crippen LogP contribution in [-0.4, -0.2) is 50.0 Å². The van der Waals surface area contributed by atoms with E-state index in [1.807, 2.05) is 23.1 Å². The van der Waals surface area contributed by atoms with E-state index in [0.29, 0.717) is 29.0 Å². The number of para-hydroxylation sites is 2. The summed E-state index contributed by atoms with van der Waals surface area (Å²) >= 11 is 1.62. The fourth-order valence-electron chi connectivity index (χ4n) is 2.42.